The third-order valence-electron chi connectivity index (χ3n) is 2.51. The molecule has 0 aliphatic carbocycles. The molecule has 0 aliphatic rings. The number of rotatable bonds is 7. The highest BCUT2D eigenvalue weighted by atomic mass is 16.2. The van der Waals surface area contributed by atoms with Crippen molar-refractivity contribution in [3.8, 4) is 0 Å². The molecule has 0 fully saturated rings. The van der Waals surface area contributed by atoms with Crippen LogP contribution < -0.4 is 5.73 Å². The summed E-state index contributed by atoms with van der Waals surface area (Å²) >= 11 is 0. The van der Waals surface area contributed by atoms with Crippen molar-refractivity contribution in [1.82, 2.24) is 4.90 Å². The van der Waals surface area contributed by atoms with Crippen LogP contribution in [0, 0.1) is 0 Å². The van der Waals surface area contributed by atoms with E-state index < -0.39 is 0 Å². The predicted molar refractivity (Wildman–Crippen MR) is 70.3 cm³/mol. The SMILES string of the molecule is C=CCN(Cc1ccccc1)C(=O)CCCN. The standard InChI is InChI=1S/C14H20N2O/c1-2-11-16(14(17)9-6-10-15)12-13-7-4-3-5-8-13/h2-5,7-8H,1,6,9-12,15H2. The van der Waals surface area contributed by atoms with Crippen LogP contribution in [0.3, 0.4) is 0 Å². The van der Waals surface area contributed by atoms with Gasteiger partial charge in [0.05, 0.1) is 0 Å². The van der Waals surface area contributed by atoms with E-state index in [0.29, 0.717) is 26.1 Å². The van der Waals surface area contributed by atoms with Gasteiger partial charge in [0.25, 0.3) is 0 Å². The van der Waals surface area contributed by atoms with Gasteiger partial charge in [-0.3, -0.25) is 4.79 Å². The zero-order chi connectivity index (χ0) is 12.5. The highest BCUT2D eigenvalue weighted by Gasteiger charge is 2.11. The summed E-state index contributed by atoms with van der Waals surface area (Å²) < 4.78 is 0. The van der Waals surface area contributed by atoms with Crippen molar-refractivity contribution in [1.29, 1.82) is 0 Å². The van der Waals surface area contributed by atoms with E-state index in [-0.39, 0.29) is 5.91 Å². The first kappa shape index (κ1) is 13.5. The first-order chi connectivity index (χ1) is 8.27. The van der Waals surface area contributed by atoms with Gasteiger partial charge in [-0.05, 0) is 18.5 Å². The molecule has 3 nitrogen and oxygen atoms in total. The third-order valence-corrected chi connectivity index (χ3v) is 2.51. The lowest BCUT2D eigenvalue weighted by Crippen LogP contribution is -2.30. The zero-order valence-electron chi connectivity index (χ0n) is 10.1. The van der Waals surface area contributed by atoms with Gasteiger partial charge in [-0.2, -0.15) is 0 Å². The van der Waals surface area contributed by atoms with Crippen molar-refractivity contribution in [2.24, 2.45) is 5.73 Å². The molecule has 0 radical (unpaired) electrons. The lowest BCUT2D eigenvalue weighted by atomic mass is 10.2. The predicted octanol–water partition coefficient (Wildman–Crippen LogP) is 1.94. The van der Waals surface area contributed by atoms with Gasteiger partial charge in [0, 0.05) is 19.5 Å². The van der Waals surface area contributed by atoms with E-state index in [1.165, 1.54) is 0 Å². The summed E-state index contributed by atoms with van der Waals surface area (Å²) in [6.45, 7) is 5.46. The van der Waals surface area contributed by atoms with Crippen molar-refractivity contribution < 1.29 is 4.79 Å². The van der Waals surface area contributed by atoms with Gasteiger partial charge >= 0.3 is 0 Å². The highest BCUT2D eigenvalue weighted by molar-refractivity contribution is 5.76. The molecule has 0 saturated heterocycles. The fraction of sp³-hybridized carbons (Fsp3) is 0.357. The molecular weight excluding hydrogens is 212 g/mol. The van der Waals surface area contributed by atoms with Crippen LogP contribution >= 0.6 is 0 Å². The molecule has 0 saturated carbocycles. The van der Waals surface area contributed by atoms with Crippen LogP contribution in [0.25, 0.3) is 0 Å². The second-order valence-electron chi connectivity index (χ2n) is 3.94. The van der Waals surface area contributed by atoms with E-state index in [9.17, 15) is 4.79 Å². The maximum Gasteiger partial charge on any atom is 0.223 e. The van der Waals surface area contributed by atoms with Crippen LogP contribution in [0.15, 0.2) is 43.0 Å². The number of nitrogens with two attached hydrogens (primary N) is 1. The minimum Gasteiger partial charge on any atom is -0.335 e. The molecule has 2 N–H and O–H groups in total. The monoisotopic (exact) mass is 232 g/mol. The number of hydrogen-bond acceptors (Lipinski definition) is 2. The summed E-state index contributed by atoms with van der Waals surface area (Å²) in [5.74, 6) is 0.138. The third kappa shape index (κ3) is 4.83. The molecule has 1 amide bonds. The van der Waals surface area contributed by atoms with Crippen LogP contribution in [-0.2, 0) is 11.3 Å². The fourth-order valence-corrected chi connectivity index (χ4v) is 1.63. The van der Waals surface area contributed by atoms with Crippen LogP contribution in [0.2, 0.25) is 0 Å². The van der Waals surface area contributed by atoms with Crippen LogP contribution in [-0.4, -0.2) is 23.9 Å². The Hall–Kier alpha value is -1.61. The first-order valence-corrected chi connectivity index (χ1v) is 5.90. The van der Waals surface area contributed by atoms with E-state index >= 15 is 0 Å². The quantitative estimate of drug-likeness (QED) is 0.730. The smallest absolute Gasteiger partial charge is 0.223 e. The summed E-state index contributed by atoms with van der Waals surface area (Å²) in [6.07, 6.45) is 3.00. The second kappa shape index (κ2) is 7.63. The van der Waals surface area contributed by atoms with Crippen molar-refractivity contribution in [2.45, 2.75) is 19.4 Å². The van der Waals surface area contributed by atoms with Crippen molar-refractivity contribution in [3.63, 3.8) is 0 Å². The van der Waals surface area contributed by atoms with E-state index in [2.05, 4.69) is 6.58 Å². The lowest BCUT2D eigenvalue weighted by Gasteiger charge is -2.21. The van der Waals surface area contributed by atoms with Gasteiger partial charge in [0.15, 0.2) is 0 Å². The van der Waals surface area contributed by atoms with Gasteiger partial charge in [0.1, 0.15) is 0 Å². The average molecular weight is 232 g/mol. The molecule has 1 aromatic rings. The maximum absolute atomic E-state index is 11.9. The Labute approximate surface area is 103 Å². The molecule has 1 aromatic carbocycles. The molecule has 0 aliphatic heterocycles. The Balaban J connectivity index is 2.59. The second-order valence-corrected chi connectivity index (χ2v) is 3.94. The summed E-state index contributed by atoms with van der Waals surface area (Å²) in [4.78, 5) is 13.7. The number of carbonyl (C=O) groups is 1. The van der Waals surface area contributed by atoms with Gasteiger partial charge < -0.3 is 10.6 Å². The molecule has 92 valence electrons. The number of hydrogen-bond donors (Lipinski definition) is 1. The summed E-state index contributed by atoms with van der Waals surface area (Å²) in [5.41, 5.74) is 6.55. The number of benzene rings is 1. The Morgan fingerprint density at radius 3 is 2.65 bits per heavy atom. The molecule has 1 rings (SSSR count). The Morgan fingerprint density at radius 2 is 2.06 bits per heavy atom. The number of nitrogens with zero attached hydrogens (tertiary/aromatic N) is 1. The highest BCUT2D eigenvalue weighted by Crippen LogP contribution is 2.06. The number of carbonyl (C=O) groups excluding carboxylic acids is 1. The van der Waals surface area contributed by atoms with E-state index in [1.54, 1.807) is 11.0 Å². The summed E-state index contributed by atoms with van der Waals surface area (Å²) in [7, 11) is 0. The molecule has 0 unspecified atom stereocenters. The van der Waals surface area contributed by atoms with Crippen LogP contribution in [0.4, 0.5) is 0 Å². The minimum absolute atomic E-state index is 0.138. The topological polar surface area (TPSA) is 46.3 Å². The van der Waals surface area contributed by atoms with Gasteiger partial charge in [-0.1, -0.05) is 36.4 Å². The van der Waals surface area contributed by atoms with E-state index in [1.807, 2.05) is 30.3 Å². The molecule has 3 heteroatoms. The average Bonchev–Trinajstić information content (AvgIpc) is 2.36. The van der Waals surface area contributed by atoms with Crippen molar-refractivity contribution >= 4 is 5.91 Å². The summed E-state index contributed by atoms with van der Waals surface area (Å²) in [6, 6.07) is 9.97. The molecule has 17 heavy (non-hydrogen) atoms. The van der Waals surface area contributed by atoms with Gasteiger partial charge in [0.2, 0.25) is 5.91 Å². The molecule has 0 heterocycles. The largest absolute Gasteiger partial charge is 0.335 e. The van der Waals surface area contributed by atoms with Gasteiger partial charge in [-0.15, -0.1) is 6.58 Å². The van der Waals surface area contributed by atoms with Crippen LogP contribution in [0.1, 0.15) is 18.4 Å². The molecular formula is C14H20N2O. The Bertz CT molecular complexity index is 348. The fourth-order valence-electron chi connectivity index (χ4n) is 1.63. The van der Waals surface area contributed by atoms with Crippen molar-refractivity contribution in [3.05, 3.63) is 48.6 Å². The molecule has 0 spiro atoms. The molecule has 0 atom stereocenters. The Kier molecular flexibility index (Phi) is 6.04. The molecule has 0 bridgehead atoms. The Morgan fingerprint density at radius 1 is 1.35 bits per heavy atom. The number of amides is 1. The zero-order valence-corrected chi connectivity index (χ0v) is 10.1. The normalized spacial score (nSPS) is 9.94. The molecule has 0 aromatic heterocycles. The first-order valence-electron chi connectivity index (χ1n) is 5.90. The van der Waals surface area contributed by atoms with E-state index in [4.69, 9.17) is 5.73 Å². The van der Waals surface area contributed by atoms with Crippen LogP contribution in [0.5, 0.6) is 0 Å². The van der Waals surface area contributed by atoms with E-state index in [0.717, 1.165) is 12.0 Å². The maximum atomic E-state index is 11.9. The lowest BCUT2D eigenvalue weighted by molar-refractivity contribution is -0.131. The summed E-state index contributed by atoms with van der Waals surface area (Å²) in [5, 5.41) is 0. The van der Waals surface area contributed by atoms with Crippen molar-refractivity contribution in [2.75, 3.05) is 13.1 Å². The van der Waals surface area contributed by atoms with Gasteiger partial charge in [-0.25, -0.2) is 0 Å². The minimum atomic E-state index is 0.138.